The zero-order valence-electron chi connectivity index (χ0n) is 13.2. The molecule has 0 fully saturated rings. The lowest BCUT2D eigenvalue weighted by Crippen LogP contribution is -2.09. The molecule has 23 heavy (non-hydrogen) atoms. The molecule has 3 aromatic rings. The molecule has 1 heterocycles. The molecule has 3 rings (SSSR count). The van der Waals surface area contributed by atoms with Gasteiger partial charge in [-0.3, -0.25) is 0 Å². The number of esters is 1. The standard InChI is InChI=1S/C19H18O4/c1-3-21-19(20)15-8-5-4-7-14(15)12-22-17-9-6-10-18-16(17)11-13(2)23-18/h4-11H,3,12H2,1-2H3. The van der Waals surface area contributed by atoms with Crippen molar-refractivity contribution in [3.05, 3.63) is 65.4 Å². The maximum Gasteiger partial charge on any atom is 0.338 e. The Morgan fingerprint density at radius 3 is 2.78 bits per heavy atom. The number of benzene rings is 2. The zero-order valence-corrected chi connectivity index (χ0v) is 13.2. The zero-order chi connectivity index (χ0) is 16.2. The van der Waals surface area contributed by atoms with E-state index in [1.165, 1.54) is 0 Å². The predicted octanol–water partition coefficient (Wildman–Crippen LogP) is 4.50. The third-order valence-electron chi connectivity index (χ3n) is 3.54. The van der Waals surface area contributed by atoms with Gasteiger partial charge in [0.05, 0.1) is 17.6 Å². The summed E-state index contributed by atoms with van der Waals surface area (Å²) in [6.07, 6.45) is 0. The van der Waals surface area contributed by atoms with E-state index < -0.39 is 0 Å². The Morgan fingerprint density at radius 2 is 1.96 bits per heavy atom. The number of hydrogen-bond acceptors (Lipinski definition) is 4. The summed E-state index contributed by atoms with van der Waals surface area (Å²) < 4.78 is 16.6. The highest BCUT2D eigenvalue weighted by atomic mass is 16.5. The minimum atomic E-state index is -0.330. The lowest BCUT2D eigenvalue weighted by molar-refractivity contribution is 0.0523. The largest absolute Gasteiger partial charge is 0.488 e. The molecule has 2 aromatic carbocycles. The van der Waals surface area contributed by atoms with Crippen LogP contribution in [0, 0.1) is 6.92 Å². The van der Waals surface area contributed by atoms with Crippen molar-refractivity contribution in [2.24, 2.45) is 0 Å². The van der Waals surface area contributed by atoms with Crippen LogP contribution >= 0.6 is 0 Å². The van der Waals surface area contributed by atoms with Crippen LogP contribution in [-0.2, 0) is 11.3 Å². The third kappa shape index (κ3) is 3.21. The summed E-state index contributed by atoms with van der Waals surface area (Å²) in [5, 5.41) is 0.929. The minimum absolute atomic E-state index is 0.290. The van der Waals surface area contributed by atoms with Crippen molar-refractivity contribution in [1.82, 2.24) is 0 Å². The first kappa shape index (κ1) is 15.2. The van der Waals surface area contributed by atoms with Crippen LogP contribution in [0.4, 0.5) is 0 Å². The number of aryl methyl sites for hydroxylation is 1. The van der Waals surface area contributed by atoms with Crippen molar-refractivity contribution in [3.8, 4) is 5.75 Å². The van der Waals surface area contributed by atoms with Crippen LogP contribution in [0.1, 0.15) is 28.6 Å². The molecule has 0 radical (unpaired) electrons. The van der Waals surface area contributed by atoms with Crippen LogP contribution < -0.4 is 4.74 Å². The van der Waals surface area contributed by atoms with Gasteiger partial charge >= 0.3 is 5.97 Å². The quantitative estimate of drug-likeness (QED) is 0.651. The molecule has 0 saturated heterocycles. The van der Waals surface area contributed by atoms with Gasteiger partial charge in [0, 0.05) is 5.56 Å². The number of carbonyl (C=O) groups excluding carboxylic acids is 1. The van der Waals surface area contributed by atoms with Gasteiger partial charge in [-0.25, -0.2) is 4.79 Å². The molecule has 0 aliphatic rings. The highest BCUT2D eigenvalue weighted by Crippen LogP contribution is 2.29. The van der Waals surface area contributed by atoms with E-state index in [9.17, 15) is 4.79 Å². The predicted molar refractivity (Wildman–Crippen MR) is 87.7 cm³/mol. The minimum Gasteiger partial charge on any atom is -0.488 e. The first-order valence-corrected chi connectivity index (χ1v) is 7.56. The van der Waals surface area contributed by atoms with Gasteiger partial charge in [-0.15, -0.1) is 0 Å². The molecule has 0 saturated carbocycles. The molecular weight excluding hydrogens is 292 g/mol. The Morgan fingerprint density at radius 1 is 1.13 bits per heavy atom. The molecule has 4 nitrogen and oxygen atoms in total. The van der Waals surface area contributed by atoms with Crippen LogP contribution in [-0.4, -0.2) is 12.6 Å². The van der Waals surface area contributed by atoms with Gasteiger partial charge in [0.2, 0.25) is 0 Å². The van der Waals surface area contributed by atoms with Crippen molar-refractivity contribution in [1.29, 1.82) is 0 Å². The SMILES string of the molecule is CCOC(=O)c1ccccc1COc1cccc2oc(C)cc12. The molecule has 0 spiro atoms. The van der Waals surface area contributed by atoms with E-state index in [4.69, 9.17) is 13.9 Å². The van der Waals surface area contributed by atoms with Gasteiger partial charge in [-0.2, -0.15) is 0 Å². The first-order valence-electron chi connectivity index (χ1n) is 7.56. The van der Waals surface area contributed by atoms with Gasteiger partial charge in [0.25, 0.3) is 0 Å². The maximum absolute atomic E-state index is 12.0. The summed E-state index contributed by atoms with van der Waals surface area (Å²) in [6, 6.07) is 14.9. The molecule has 4 heteroatoms. The lowest BCUT2D eigenvalue weighted by atomic mass is 10.1. The van der Waals surface area contributed by atoms with E-state index in [2.05, 4.69) is 0 Å². The van der Waals surface area contributed by atoms with Crippen LogP contribution in [0.25, 0.3) is 11.0 Å². The van der Waals surface area contributed by atoms with Gasteiger partial charge in [-0.1, -0.05) is 24.3 Å². The monoisotopic (exact) mass is 310 g/mol. The fourth-order valence-electron chi connectivity index (χ4n) is 2.50. The highest BCUT2D eigenvalue weighted by Gasteiger charge is 2.13. The summed E-state index contributed by atoms with van der Waals surface area (Å²) in [5.41, 5.74) is 2.12. The van der Waals surface area contributed by atoms with Crippen molar-refractivity contribution < 1.29 is 18.7 Å². The number of rotatable bonds is 5. The van der Waals surface area contributed by atoms with Crippen molar-refractivity contribution in [2.45, 2.75) is 20.5 Å². The van der Waals surface area contributed by atoms with Crippen LogP contribution in [0.5, 0.6) is 5.75 Å². The van der Waals surface area contributed by atoms with Crippen molar-refractivity contribution in [2.75, 3.05) is 6.61 Å². The molecule has 0 atom stereocenters. The molecule has 0 N–H and O–H groups in total. The molecule has 0 aliphatic heterocycles. The van der Waals surface area contributed by atoms with Gasteiger partial charge in [-0.05, 0) is 38.1 Å². The summed E-state index contributed by atoms with van der Waals surface area (Å²) in [6.45, 7) is 4.33. The topological polar surface area (TPSA) is 48.7 Å². The van der Waals surface area contributed by atoms with Crippen LogP contribution in [0.3, 0.4) is 0 Å². The van der Waals surface area contributed by atoms with Crippen molar-refractivity contribution in [3.63, 3.8) is 0 Å². The Labute approximate surface area is 134 Å². The van der Waals surface area contributed by atoms with E-state index in [1.54, 1.807) is 13.0 Å². The second-order valence-electron chi connectivity index (χ2n) is 5.19. The third-order valence-corrected chi connectivity index (χ3v) is 3.54. The molecule has 118 valence electrons. The Hall–Kier alpha value is -2.75. The highest BCUT2D eigenvalue weighted by molar-refractivity contribution is 5.91. The Bertz CT molecular complexity index is 832. The Kier molecular flexibility index (Phi) is 4.33. The smallest absolute Gasteiger partial charge is 0.338 e. The molecule has 0 unspecified atom stereocenters. The molecule has 1 aromatic heterocycles. The fraction of sp³-hybridized carbons (Fsp3) is 0.211. The van der Waals surface area contributed by atoms with Gasteiger partial charge in [0.15, 0.2) is 0 Å². The molecule has 0 amide bonds. The lowest BCUT2D eigenvalue weighted by Gasteiger charge is -2.11. The summed E-state index contributed by atoms with van der Waals surface area (Å²) in [4.78, 5) is 12.0. The number of fused-ring (bicyclic) bond motifs is 1. The fourth-order valence-corrected chi connectivity index (χ4v) is 2.50. The van der Waals surface area contributed by atoms with Gasteiger partial charge < -0.3 is 13.9 Å². The Balaban J connectivity index is 1.84. The summed E-state index contributed by atoms with van der Waals surface area (Å²) in [7, 11) is 0. The van der Waals surface area contributed by atoms with Crippen LogP contribution in [0.2, 0.25) is 0 Å². The maximum atomic E-state index is 12.0. The average molecular weight is 310 g/mol. The number of carbonyl (C=O) groups is 1. The number of hydrogen-bond donors (Lipinski definition) is 0. The first-order chi connectivity index (χ1) is 11.2. The summed E-state index contributed by atoms with van der Waals surface area (Å²) >= 11 is 0. The number of furan rings is 1. The van der Waals surface area contributed by atoms with E-state index in [0.29, 0.717) is 18.8 Å². The van der Waals surface area contributed by atoms with E-state index in [1.807, 2.05) is 49.4 Å². The molecular formula is C19H18O4. The number of ether oxygens (including phenoxy) is 2. The van der Waals surface area contributed by atoms with E-state index in [-0.39, 0.29) is 5.97 Å². The average Bonchev–Trinajstić information content (AvgIpc) is 2.94. The van der Waals surface area contributed by atoms with Crippen LogP contribution in [0.15, 0.2) is 52.9 Å². The molecule has 0 bridgehead atoms. The van der Waals surface area contributed by atoms with E-state index in [0.717, 1.165) is 28.0 Å². The summed E-state index contributed by atoms with van der Waals surface area (Å²) in [5.74, 6) is 1.24. The van der Waals surface area contributed by atoms with Gasteiger partial charge in [0.1, 0.15) is 23.7 Å². The normalized spacial score (nSPS) is 10.7. The molecule has 0 aliphatic carbocycles. The second kappa shape index (κ2) is 6.57. The van der Waals surface area contributed by atoms with Crippen molar-refractivity contribution >= 4 is 16.9 Å². The second-order valence-corrected chi connectivity index (χ2v) is 5.19. The van der Waals surface area contributed by atoms with E-state index >= 15 is 0 Å².